The van der Waals surface area contributed by atoms with Crippen LogP contribution in [-0.2, 0) is 84.8 Å². The second-order valence-corrected chi connectivity index (χ2v) is 27.2. The number of benzene rings is 2. The van der Waals surface area contributed by atoms with E-state index in [1.807, 2.05) is 0 Å². The van der Waals surface area contributed by atoms with Gasteiger partial charge < -0.3 is 112 Å². The molecule has 0 bridgehead atoms. The van der Waals surface area contributed by atoms with Crippen LogP contribution in [0.25, 0.3) is 10.9 Å². The molecule has 3 aromatic rings. The molecule has 0 saturated heterocycles. The Morgan fingerprint density at radius 1 is 0.417 bits per heavy atom. The molecule has 1 aromatic heterocycles. The van der Waals surface area contributed by atoms with E-state index in [2.05, 4.69) is 81.0 Å². The van der Waals surface area contributed by atoms with Gasteiger partial charge >= 0.3 is 11.9 Å². The van der Waals surface area contributed by atoms with Crippen LogP contribution in [0.3, 0.4) is 0 Å². The van der Waals surface area contributed by atoms with Crippen LogP contribution in [0.1, 0.15) is 144 Å². The van der Waals surface area contributed by atoms with Crippen molar-refractivity contribution in [3.05, 3.63) is 71.9 Å². The van der Waals surface area contributed by atoms with Crippen LogP contribution < -0.4 is 86.3 Å². The Hall–Kier alpha value is -10.2. The van der Waals surface area contributed by atoms with E-state index in [0.29, 0.717) is 34.9 Å². The Labute approximate surface area is 627 Å². The van der Waals surface area contributed by atoms with E-state index in [9.17, 15) is 92.3 Å². The molecule has 0 aliphatic carbocycles. The van der Waals surface area contributed by atoms with E-state index < -0.39 is 200 Å². The molecule has 2 aromatic carbocycles. The first-order valence-electron chi connectivity index (χ1n) is 36.5. The Morgan fingerprint density at radius 3 is 1.36 bits per heavy atom. The number of carbonyl (C=O) groups is 15. The van der Waals surface area contributed by atoms with Crippen LogP contribution in [0.4, 0.5) is 0 Å². The minimum Gasteiger partial charge on any atom is -0.481 e. The van der Waals surface area contributed by atoms with Crippen LogP contribution in [0, 0.1) is 17.8 Å². The van der Waals surface area contributed by atoms with Crippen molar-refractivity contribution in [3.63, 3.8) is 0 Å². The van der Waals surface area contributed by atoms with Crippen molar-refractivity contribution in [2.75, 3.05) is 39.4 Å². The van der Waals surface area contributed by atoms with Crippen molar-refractivity contribution in [2.45, 2.75) is 218 Å². The van der Waals surface area contributed by atoms with Crippen molar-refractivity contribution in [3.8, 4) is 0 Å². The zero-order valence-corrected chi connectivity index (χ0v) is 62.7. The van der Waals surface area contributed by atoms with Gasteiger partial charge in [0.1, 0.15) is 72.5 Å². The van der Waals surface area contributed by atoms with Gasteiger partial charge in [0, 0.05) is 42.8 Å². The molecule has 1 heterocycles. The maximum Gasteiger partial charge on any atom is 0.325 e. The maximum absolute atomic E-state index is 14.5. The van der Waals surface area contributed by atoms with Gasteiger partial charge in [0.2, 0.25) is 76.8 Å². The lowest BCUT2D eigenvalue weighted by atomic mass is 9.96. The third-order valence-corrected chi connectivity index (χ3v) is 17.8. The first-order chi connectivity index (χ1) is 51.3. The Kier molecular flexibility index (Phi) is 41.1. The fraction of sp³-hybridized carbons (Fsp3) is 0.597. The van der Waals surface area contributed by atoms with E-state index in [1.54, 1.807) is 102 Å². The Balaban J connectivity index is 1.85. The zero-order chi connectivity index (χ0) is 80.7. The number of para-hydroxylation sites is 1. The summed E-state index contributed by atoms with van der Waals surface area (Å²) < 4.78 is 0. The molecule has 36 nitrogen and oxygen atoms in total. The summed E-state index contributed by atoms with van der Waals surface area (Å²) >= 11 is 0. The van der Waals surface area contributed by atoms with Gasteiger partial charge in [-0.1, -0.05) is 129 Å². The molecule has 13 atom stereocenters. The number of aromatic nitrogens is 1. The van der Waals surface area contributed by atoms with Crippen molar-refractivity contribution < 1.29 is 92.3 Å². The standard InChI is InChI=1S/C72H113N17O19/c1-9-11-12-13-17-24-55(92)87-58(39(3)4)69(104)83-48(27-30-73)61(96)77-36-56(93)79-53(37-90)67(102)85-52(34-44-35-76-46-23-19-18-22-45(44)46)66(101)86-54(38-91)68(103)82-49(28-31-74)62(97)81-50(29-32-75)63(98)84-51(33-43-20-15-14-16-21-43)65(100)80-47(25-26-57(94)95)64(99)88-59(40(5)6)70(105)89-60(41(7)10-2)71(106)78-42(8)72(107)108/h14-16,18-23,35,39-42,47-54,58-60,76,90-91H,9-13,17,24-34,36-38,73-75H2,1-8H3,(H,77,96)(H,78,106)(H,79,93)(H,80,100)(H,81,97)(H,82,103)(H,83,104)(H,84,98)(H,85,102)(H,86,101)(H,87,92)(H,88,99)(H,89,105)(H,94,95)(H,107,108)/t41-,42-,47-,48-,49-,50-,51-,52-,53-,54-,58-,59-,60-/m0/s1. The number of aliphatic hydroxyl groups excluding tert-OH is 2. The van der Waals surface area contributed by atoms with Crippen molar-refractivity contribution >= 4 is 99.6 Å². The molecule has 3 rings (SSSR count). The third kappa shape index (κ3) is 31.3. The lowest BCUT2D eigenvalue weighted by Gasteiger charge is -2.30. The second-order valence-electron chi connectivity index (χ2n) is 27.2. The number of nitrogens with one attached hydrogen (secondary N) is 14. The summed E-state index contributed by atoms with van der Waals surface area (Å²) in [7, 11) is 0. The Bertz CT molecular complexity index is 3490. The van der Waals surface area contributed by atoms with Crippen LogP contribution in [0.15, 0.2) is 60.8 Å². The number of aliphatic hydroxyl groups is 2. The number of fused-ring (bicyclic) bond motifs is 1. The highest BCUT2D eigenvalue weighted by atomic mass is 16.4. The van der Waals surface area contributed by atoms with Crippen LogP contribution in [0.5, 0.6) is 0 Å². The lowest BCUT2D eigenvalue weighted by Crippen LogP contribution is -2.62. The van der Waals surface area contributed by atoms with Gasteiger partial charge in [0.15, 0.2) is 0 Å². The summed E-state index contributed by atoms with van der Waals surface area (Å²) in [6, 6.07) is -2.91. The molecule has 108 heavy (non-hydrogen) atoms. The number of carboxylic acid groups (broad SMARTS) is 2. The zero-order valence-electron chi connectivity index (χ0n) is 62.7. The molecule has 0 spiro atoms. The number of carbonyl (C=O) groups excluding carboxylic acids is 13. The minimum absolute atomic E-state index is 0.0716. The van der Waals surface area contributed by atoms with Gasteiger partial charge in [-0.2, -0.15) is 0 Å². The number of unbranched alkanes of at least 4 members (excludes halogenated alkanes) is 4. The molecule has 36 heteroatoms. The van der Waals surface area contributed by atoms with Crippen molar-refractivity contribution in [1.29, 1.82) is 0 Å². The summed E-state index contributed by atoms with van der Waals surface area (Å²) in [4.78, 5) is 207. The SMILES string of the molecule is CCCCCCCC(=O)N[C@H](C(=O)N[C@@H](CCN)C(=O)NCC(=O)N[C@@H](CO)C(=O)N[C@@H](Cc1c[nH]c2ccccc12)C(=O)N[C@@H](CO)C(=O)N[C@@H](CCN)C(=O)N[C@@H](CCN)C(=O)N[C@@H](Cc1ccccc1)C(=O)N[C@@H](CCC(=O)O)C(=O)N[C@H](C(=O)N[C@H](C(=O)N[C@@H](C)C(=O)O)[C@@H](C)CC)C(C)C)C(C)C. The molecule has 0 aliphatic rings. The third-order valence-electron chi connectivity index (χ3n) is 17.8. The summed E-state index contributed by atoms with van der Waals surface area (Å²) in [6.07, 6.45) is 4.16. The fourth-order valence-corrected chi connectivity index (χ4v) is 11.2. The van der Waals surface area contributed by atoms with Gasteiger partial charge in [-0.15, -0.1) is 0 Å². The number of rotatable bonds is 51. The first kappa shape index (κ1) is 92.0. The predicted molar refractivity (Wildman–Crippen MR) is 396 cm³/mol. The van der Waals surface area contributed by atoms with Gasteiger partial charge in [0.25, 0.3) is 0 Å². The molecular weight excluding hydrogens is 1410 g/mol. The van der Waals surface area contributed by atoms with Crippen molar-refractivity contribution in [1.82, 2.24) is 74.1 Å². The normalized spacial score (nSPS) is 14.8. The van der Waals surface area contributed by atoms with Crippen LogP contribution >= 0.6 is 0 Å². The van der Waals surface area contributed by atoms with E-state index in [-0.39, 0.29) is 70.0 Å². The van der Waals surface area contributed by atoms with Gasteiger partial charge in [-0.25, -0.2) is 0 Å². The molecule has 0 saturated carbocycles. The Morgan fingerprint density at radius 2 is 0.843 bits per heavy atom. The van der Waals surface area contributed by atoms with E-state index in [1.165, 1.54) is 6.92 Å². The smallest absolute Gasteiger partial charge is 0.325 e. The largest absolute Gasteiger partial charge is 0.481 e. The summed E-state index contributed by atoms with van der Waals surface area (Å²) in [5.41, 5.74) is 19.2. The van der Waals surface area contributed by atoms with E-state index in [4.69, 9.17) is 17.2 Å². The van der Waals surface area contributed by atoms with Crippen LogP contribution in [0.2, 0.25) is 0 Å². The predicted octanol–water partition coefficient (Wildman–Crippen LogP) is -3.39. The van der Waals surface area contributed by atoms with E-state index in [0.717, 1.165) is 25.7 Å². The summed E-state index contributed by atoms with van der Waals surface area (Å²) in [6.45, 7) is 9.70. The molecular formula is C72H113N17O19. The number of aliphatic carboxylic acids is 2. The molecule has 13 amide bonds. The van der Waals surface area contributed by atoms with Gasteiger partial charge in [-0.3, -0.25) is 71.9 Å². The lowest BCUT2D eigenvalue weighted by molar-refractivity contribution is -0.142. The average Bonchev–Trinajstić information content (AvgIpc) is 1.72. The molecule has 0 unspecified atom stereocenters. The number of amides is 13. The monoisotopic (exact) mass is 1520 g/mol. The van der Waals surface area contributed by atoms with Gasteiger partial charge in [0.05, 0.1) is 19.8 Å². The highest BCUT2D eigenvalue weighted by Crippen LogP contribution is 2.20. The second kappa shape index (κ2) is 48.2. The minimum atomic E-state index is -1.87. The number of aromatic amines is 1. The maximum atomic E-state index is 14.5. The summed E-state index contributed by atoms with van der Waals surface area (Å²) in [5, 5.41) is 73.1. The molecule has 24 N–H and O–H groups in total. The number of nitrogens with two attached hydrogens (primary N) is 3. The number of H-pyrrole nitrogens is 1. The number of hydrogen-bond donors (Lipinski definition) is 21. The summed E-state index contributed by atoms with van der Waals surface area (Å²) in [5.74, 6) is -16.3. The van der Waals surface area contributed by atoms with Crippen molar-refractivity contribution in [2.24, 2.45) is 35.0 Å². The number of carboxylic acids is 2. The number of hydrogen-bond acceptors (Lipinski definition) is 20. The molecule has 0 fully saturated rings. The molecule has 0 radical (unpaired) electrons. The van der Waals surface area contributed by atoms with Crippen LogP contribution in [-0.4, -0.2) is 226 Å². The fourth-order valence-electron chi connectivity index (χ4n) is 11.2. The highest BCUT2D eigenvalue weighted by Gasteiger charge is 2.38. The quantitative estimate of drug-likeness (QED) is 0.0245. The topological polar surface area (TPSA) is 587 Å². The highest BCUT2D eigenvalue weighted by molar-refractivity contribution is 6.00. The first-order valence-corrected chi connectivity index (χ1v) is 36.5. The molecule has 0 aliphatic heterocycles. The van der Waals surface area contributed by atoms with E-state index >= 15 is 0 Å². The molecule has 600 valence electrons. The average molecular weight is 1520 g/mol. The van der Waals surface area contributed by atoms with Gasteiger partial charge in [-0.05, 0) is 93.6 Å².